The van der Waals surface area contributed by atoms with Crippen molar-refractivity contribution >= 4 is 5.97 Å². The molecular weight excluding hydrogens is 256 g/mol. The van der Waals surface area contributed by atoms with E-state index in [1.54, 1.807) is 7.11 Å². The summed E-state index contributed by atoms with van der Waals surface area (Å²) in [6, 6.07) is 0.635. The van der Waals surface area contributed by atoms with Gasteiger partial charge in [0.2, 0.25) is 0 Å². The number of nitrogens with one attached hydrogen (secondary N) is 1. The average molecular weight is 286 g/mol. The summed E-state index contributed by atoms with van der Waals surface area (Å²) >= 11 is 0. The Kier molecular flexibility index (Phi) is 6.92. The summed E-state index contributed by atoms with van der Waals surface area (Å²) < 4.78 is 5.25. The van der Waals surface area contributed by atoms with Gasteiger partial charge in [0.15, 0.2) is 0 Å². The van der Waals surface area contributed by atoms with Crippen LogP contribution in [-0.4, -0.2) is 60.4 Å². The Morgan fingerprint density at radius 3 is 2.75 bits per heavy atom. The number of rotatable bonds is 8. The van der Waals surface area contributed by atoms with Crippen LogP contribution in [0.15, 0.2) is 0 Å². The molecule has 0 aromatic heterocycles. The maximum Gasteiger partial charge on any atom is 0.323 e. The molecule has 2 N–H and O–H groups in total. The molecule has 20 heavy (non-hydrogen) atoms. The van der Waals surface area contributed by atoms with Crippen molar-refractivity contribution in [1.29, 1.82) is 0 Å². The number of carbonyl (C=O) groups is 1. The summed E-state index contributed by atoms with van der Waals surface area (Å²) in [7, 11) is 1.71. The molecule has 0 spiro atoms. The highest BCUT2D eigenvalue weighted by molar-refractivity contribution is 5.79. The van der Waals surface area contributed by atoms with Gasteiger partial charge >= 0.3 is 5.97 Å². The monoisotopic (exact) mass is 286 g/mol. The highest BCUT2D eigenvalue weighted by Gasteiger charge is 2.44. The predicted octanol–water partition coefficient (Wildman–Crippen LogP) is 1.72. The van der Waals surface area contributed by atoms with E-state index in [0.29, 0.717) is 31.7 Å². The fourth-order valence-corrected chi connectivity index (χ4v) is 3.56. The second-order valence-electron chi connectivity index (χ2n) is 5.80. The molecule has 0 aromatic rings. The van der Waals surface area contributed by atoms with E-state index in [0.717, 1.165) is 25.8 Å². The number of hydrogen-bond acceptors (Lipinski definition) is 4. The summed E-state index contributed by atoms with van der Waals surface area (Å²) in [5, 5.41) is 12.8. The van der Waals surface area contributed by atoms with Crippen molar-refractivity contribution in [2.24, 2.45) is 0 Å². The molecular formula is C15H30N2O3. The molecule has 0 bridgehead atoms. The van der Waals surface area contributed by atoms with Gasteiger partial charge < -0.3 is 15.2 Å². The van der Waals surface area contributed by atoms with Gasteiger partial charge in [0.1, 0.15) is 5.54 Å². The molecule has 3 atom stereocenters. The number of methoxy groups -OCH3 is 1. The minimum absolute atomic E-state index is 0.314. The van der Waals surface area contributed by atoms with Gasteiger partial charge in [-0.3, -0.25) is 9.69 Å². The second kappa shape index (κ2) is 7.96. The molecule has 0 saturated heterocycles. The van der Waals surface area contributed by atoms with Gasteiger partial charge in [0.25, 0.3) is 0 Å². The van der Waals surface area contributed by atoms with Crippen molar-refractivity contribution in [3.63, 3.8) is 0 Å². The van der Waals surface area contributed by atoms with Crippen LogP contribution in [0.2, 0.25) is 0 Å². The first-order valence-corrected chi connectivity index (χ1v) is 7.73. The molecule has 5 heteroatoms. The molecule has 0 heterocycles. The van der Waals surface area contributed by atoms with Gasteiger partial charge in [-0.05, 0) is 45.7 Å². The van der Waals surface area contributed by atoms with Gasteiger partial charge in [-0.2, -0.15) is 0 Å². The lowest BCUT2D eigenvalue weighted by Crippen LogP contribution is -2.59. The Hall–Kier alpha value is -0.650. The number of likely N-dealkylation sites (N-methyl/N-ethyl adjacent to an activating group) is 2. The summed E-state index contributed by atoms with van der Waals surface area (Å²) in [6.07, 6.45) is 3.43. The van der Waals surface area contributed by atoms with Crippen molar-refractivity contribution in [3.8, 4) is 0 Å². The number of ether oxygens (including phenoxy) is 1. The third-order valence-electron chi connectivity index (χ3n) is 4.46. The topological polar surface area (TPSA) is 61.8 Å². The van der Waals surface area contributed by atoms with E-state index in [4.69, 9.17) is 4.74 Å². The van der Waals surface area contributed by atoms with E-state index in [-0.39, 0.29) is 0 Å². The minimum Gasteiger partial charge on any atom is -0.480 e. The Balaban J connectivity index is 2.82. The molecule has 1 saturated carbocycles. The van der Waals surface area contributed by atoms with Gasteiger partial charge in [0, 0.05) is 19.2 Å². The number of aliphatic carboxylic acids is 1. The zero-order chi connectivity index (χ0) is 15.2. The summed E-state index contributed by atoms with van der Waals surface area (Å²) in [5.74, 6) is -0.709. The normalized spacial score (nSPS) is 28.6. The fraction of sp³-hybridized carbons (Fsp3) is 0.933. The van der Waals surface area contributed by atoms with Crippen LogP contribution in [0.3, 0.4) is 0 Å². The summed E-state index contributed by atoms with van der Waals surface area (Å²) in [6.45, 7) is 8.56. The van der Waals surface area contributed by atoms with Crippen LogP contribution in [0.25, 0.3) is 0 Å². The van der Waals surface area contributed by atoms with E-state index < -0.39 is 11.5 Å². The van der Waals surface area contributed by atoms with Gasteiger partial charge in [0.05, 0.1) is 6.61 Å². The lowest BCUT2D eigenvalue weighted by atomic mass is 9.78. The van der Waals surface area contributed by atoms with Crippen LogP contribution < -0.4 is 5.32 Å². The molecule has 0 radical (unpaired) electrons. The van der Waals surface area contributed by atoms with Gasteiger partial charge in [-0.15, -0.1) is 0 Å². The van der Waals surface area contributed by atoms with Crippen LogP contribution in [0.1, 0.15) is 46.5 Å². The maximum absolute atomic E-state index is 11.7. The summed E-state index contributed by atoms with van der Waals surface area (Å²) in [4.78, 5) is 14.1. The molecule has 1 aliphatic rings. The molecule has 0 aliphatic heterocycles. The largest absolute Gasteiger partial charge is 0.480 e. The van der Waals surface area contributed by atoms with Gasteiger partial charge in [-0.1, -0.05) is 13.8 Å². The zero-order valence-corrected chi connectivity index (χ0v) is 13.3. The molecule has 1 rings (SSSR count). The van der Waals surface area contributed by atoms with Crippen molar-refractivity contribution in [3.05, 3.63) is 0 Å². The highest BCUT2D eigenvalue weighted by Crippen LogP contribution is 2.32. The Bertz CT molecular complexity index is 307. The Morgan fingerprint density at radius 1 is 1.55 bits per heavy atom. The SMILES string of the molecule is CCNC1(C(=O)O)CCCC(N(CC)C(C)COC)C1. The molecule has 3 unspecified atom stereocenters. The third-order valence-corrected chi connectivity index (χ3v) is 4.46. The van der Waals surface area contributed by atoms with Crippen molar-refractivity contribution in [2.75, 3.05) is 26.8 Å². The number of carboxylic acids is 1. The number of carboxylic acid groups (broad SMARTS) is 1. The first-order valence-electron chi connectivity index (χ1n) is 7.73. The zero-order valence-electron chi connectivity index (χ0n) is 13.3. The van der Waals surface area contributed by atoms with Crippen molar-refractivity contribution in [2.45, 2.75) is 64.1 Å². The predicted molar refractivity (Wildman–Crippen MR) is 80.0 cm³/mol. The first kappa shape index (κ1) is 17.4. The Labute approximate surface area is 122 Å². The highest BCUT2D eigenvalue weighted by atomic mass is 16.5. The Morgan fingerprint density at radius 2 is 2.25 bits per heavy atom. The van der Waals surface area contributed by atoms with Crippen molar-refractivity contribution < 1.29 is 14.6 Å². The van der Waals surface area contributed by atoms with Crippen LogP contribution in [0.4, 0.5) is 0 Å². The molecule has 1 aliphatic carbocycles. The number of nitrogens with zero attached hydrogens (tertiary/aromatic N) is 1. The van der Waals surface area contributed by atoms with Crippen LogP contribution in [-0.2, 0) is 9.53 Å². The van der Waals surface area contributed by atoms with Crippen LogP contribution in [0, 0.1) is 0 Å². The third kappa shape index (κ3) is 3.93. The molecule has 5 nitrogen and oxygen atoms in total. The van der Waals surface area contributed by atoms with Crippen LogP contribution in [0.5, 0.6) is 0 Å². The molecule has 118 valence electrons. The molecule has 0 amide bonds. The smallest absolute Gasteiger partial charge is 0.323 e. The van der Waals surface area contributed by atoms with E-state index in [2.05, 4.69) is 24.1 Å². The number of hydrogen-bond donors (Lipinski definition) is 2. The lowest BCUT2D eigenvalue weighted by Gasteiger charge is -2.44. The first-order chi connectivity index (χ1) is 9.50. The molecule has 1 fully saturated rings. The second-order valence-corrected chi connectivity index (χ2v) is 5.80. The van der Waals surface area contributed by atoms with E-state index in [1.165, 1.54) is 0 Å². The van der Waals surface area contributed by atoms with Gasteiger partial charge in [-0.25, -0.2) is 0 Å². The van der Waals surface area contributed by atoms with Crippen LogP contribution >= 0.6 is 0 Å². The molecule has 0 aromatic carbocycles. The maximum atomic E-state index is 11.7. The van der Waals surface area contributed by atoms with E-state index in [1.807, 2.05) is 6.92 Å². The summed E-state index contributed by atoms with van der Waals surface area (Å²) in [5.41, 5.74) is -0.752. The minimum atomic E-state index is -0.752. The lowest BCUT2D eigenvalue weighted by molar-refractivity contribution is -0.147. The van der Waals surface area contributed by atoms with E-state index >= 15 is 0 Å². The van der Waals surface area contributed by atoms with Crippen molar-refractivity contribution in [1.82, 2.24) is 10.2 Å². The average Bonchev–Trinajstić information content (AvgIpc) is 2.40. The fourth-order valence-electron chi connectivity index (χ4n) is 3.56. The standard InChI is InChI=1S/C15H30N2O3/c1-5-16-15(14(18)19)9-7-8-13(10-15)17(6-2)12(3)11-20-4/h12-13,16H,5-11H2,1-4H3,(H,18,19). The quantitative estimate of drug-likeness (QED) is 0.711. The van der Waals surface area contributed by atoms with E-state index in [9.17, 15) is 9.90 Å².